The second kappa shape index (κ2) is 5.61. The standard InChI is InChI=1S/C17H14N4S/c1-2-10-21-12-16(20-17(21)3-1)13-4-6-14(7-5-13)18-11-15-8-9-19-22-15/h1-10,12,18H,11H2. The van der Waals surface area contributed by atoms with Gasteiger partial charge in [0.25, 0.3) is 0 Å². The minimum Gasteiger partial charge on any atom is -0.380 e. The minimum absolute atomic E-state index is 0.804. The van der Waals surface area contributed by atoms with Crippen LogP contribution < -0.4 is 5.32 Å². The van der Waals surface area contributed by atoms with E-state index in [9.17, 15) is 0 Å². The summed E-state index contributed by atoms with van der Waals surface area (Å²) in [6.07, 6.45) is 5.89. The van der Waals surface area contributed by atoms with Gasteiger partial charge in [-0.1, -0.05) is 18.2 Å². The Morgan fingerprint density at radius 3 is 2.73 bits per heavy atom. The number of aromatic nitrogens is 3. The fourth-order valence-corrected chi connectivity index (χ4v) is 2.87. The minimum atomic E-state index is 0.804. The van der Waals surface area contributed by atoms with E-state index in [0.717, 1.165) is 29.1 Å². The highest BCUT2D eigenvalue weighted by atomic mass is 32.1. The zero-order chi connectivity index (χ0) is 14.8. The predicted molar refractivity (Wildman–Crippen MR) is 90.1 cm³/mol. The highest BCUT2D eigenvalue weighted by Crippen LogP contribution is 2.21. The summed E-state index contributed by atoms with van der Waals surface area (Å²) in [5, 5.41) is 3.40. The Balaban J connectivity index is 1.53. The van der Waals surface area contributed by atoms with E-state index < -0.39 is 0 Å². The van der Waals surface area contributed by atoms with E-state index in [1.54, 1.807) is 0 Å². The van der Waals surface area contributed by atoms with Crippen molar-refractivity contribution in [1.29, 1.82) is 0 Å². The van der Waals surface area contributed by atoms with Gasteiger partial charge in [-0.3, -0.25) is 0 Å². The topological polar surface area (TPSA) is 42.2 Å². The van der Waals surface area contributed by atoms with E-state index in [2.05, 4.69) is 45.1 Å². The van der Waals surface area contributed by atoms with Crippen LogP contribution in [-0.2, 0) is 6.54 Å². The fraction of sp³-hybridized carbons (Fsp3) is 0.0588. The Morgan fingerprint density at radius 2 is 1.95 bits per heavy atom. The molecule has 0 atom stereocenters. The number of rotatable bonds is 4. The van der Waals surface area contributed by atoms with Crippen LogP contribution in [-0.4, -0.2) is 13.8 Å². The lowest BCUT2D eigenvalue weighted by Crippen LogP contribution is -1.96. The van der Waals surface area contributed by atoms with Crippen molar-refractivity contribution in [3.8, 4) is 11.3 Å². The molecule has 0 amide bonds. The molecule has 3 heterocycles. The number of anilines is 1. The second-order valence-corrected chi connectivity index (χ2v) is 5.92. The summed E-state index contributed by atoms with van der Waals surface area (Å²) in [5.41, 5.74) is 4.16. The van der Waals surface area contributed by atoms with Crippen molar-refractivity contribution in [2.45, 2.75) is 6.54 Å². The molecule has 0 radical (unpaired) electrons. The molecule has 108 valence electrons. The summed E-state index contributed by atoms with van der Waals surface area (Å²) in [6.45, 7) is 0.804. The number of pyridine rings is 1. The smallest absolute Gasteiger partial charge is 0.137 e. The first-order valence-corrected chi connectivity index (χ1v) is 7.83. The monoisotopic (exact) mass is 306 g/mol. The van der Waals surface area contributed by atoms with Crippen LogP contribution >= 0.6 is 11.5 Å². The van der Waals surface area contributed by atoms with E-state index in [1.165, 1.54) is 16.4 Å². The largest absolute Gasteiger partial charge is 0.380 e. The first-order chi connectivity index (χ1) is 10.9. The third kappa shape index (κ3) is 2.58. The number of nitrogens with zero attached hydrogens (tertiary/aromatic N) is 3. The Kier molecular flexibility index (Phi) is 3.33. The summed E-state index contributed by atoms with van der Waals surface area (Å²) in [4.78, 5) is 5.86. The van der Waals surface area contributed by atoms with Crippen molar-refractivity contribution >= 4 is 22.9 Å². The highest BCUT2D eigenvalue weighted by Gasteiger charge is 2.04. The number of benzene rings is 1. The summed E-state index contributed by atoms with van der Waals surface area (Å²) in [6, 6.07) is 16.4. The van der Waals surface area contributed by atoms with Crippen LogP contribution in [0.2, 0.25) is 0 Å². The van der Waals surface area contributed by atoms with Crippen molar-refractivity contribution in [2.75, 3.05) is 5.32 Å². The SMILES string of the molecule is c1ccn2cc(-c3ccc(NCc4ccns4)cc3)nc2c1. The van der Waals surface area contributed by atoms with Crippen molar-refractivity contribution in [2.24, 2.45) is 0 Å². The van der Waals surface area contributed by atoms with Gasteiger partial charge >= 0.3 is 0 Å². The molecule has 4 rings (SSSR count). The van der Waals surface area contributed by atoms with E-state index in [-0.39, 0.29) is 0 Å². The van der Waals surface area contributed by atoms with Gasteiger partial charge in [0, 0.05) is 34.7 Å². The van der Waals surface area contributed by atoms with Crippen molar-refractivity contribution in [1.82, 2.24) is 13.8 Å². The molecule has 0 aliphatic carbocycles. The van der Waals surface area contributed by atoms with Crippen LogP contribution in [0.1, 0.15) is 4.88 Å². The lowest BCUT2D eigenvalue weighted by molar-refractivity contribution is 1.19. The molecule has 0 bridgehead atoms. The molecule has 4 aromatic rings. The maximum Gasteiger partial charge on any atom is 0.137 e. The van der Waals surface area contributed by atoms with Gasteiger partial charge < -0.3 is 9.72 Å². The average Bonchev–Trinajstić information content (AvgIpc) is 3.22. The van der Waals surface area contributed by atoms with E-state index >= 15 is 0 Å². The number of fused-ring (bicyclic) bond motifs is 1. The second-order valence-electron chi connectivity index (χ2n) is 5.00. The van der Waals surface area contributed by atoms with Crippen molar-refractivity contribution in [3.63, 3.8) is 0 Å². The van der Waals surface area contributed by atoms with Crippen LogP contribution in [0.3, 0.4) is 0 Å². The van der Waals surface area contributed by atoms with E-state index in [4.69, 9.17) is 0 Å². The quantitative estimate of drug-likeness (QED) is 0.618. The fourth-order valence-electron chi connectivity index (χ4n) is 2.36. The summed E-state index contributed by atoms with van der Waals surface area (Å²) in [5.74, 6) is 0. The molecule has 0 aliphatic heterocycles. The van der Waals surface area contributed by atoms with Gasteiger partial charge in [-0.15, -0.1) is 0 Å². The third-order valence-electron chi connectivity index (χ3n) is 3.50. The Bertz CT molecular complexity index is 846. The molecule has 1 aromatic carbocycles. The summed E-state index contributed by atoms with van der Waals surface area (Å²) in [7, 11) is 0. The molecule has 0 fully saturated rings. The number of hydrogen-bond donors (Lipinski definition) is 1. The summed E-state index contributed by atoms with van der Waals surface area (Å²) < 4.78 is 6.13. The van der Waals surface area contributed by atoms with Gasteiger partial charge in [0.1, 0.15) is 5.65 Å². The molecule has 0 saturated carbocycles. The van der Waals surface area contributed by atoms with E-state index in [1.807, 2.05) is 41.1 Å². The van der Waals surface area contributed by atoms with Gasteiger partial charge in [0.05, 0.1) is 12.2 Å². The third-order valence-corrected chi connectivity index (χ3v) is 4.24. The molecular formula is C17H14N4S. The molecule has 0 aliphatic rings. The molecule has 0 spiro atoms. The molecule has 0 unspecified atom stereocenters. The normalized spacial score (nSPS) is 10.9. The number of hydrogen-bond acceptors (Lipinski definition) is 4. The maximum absolute atomic E-state index is 4.64. The first-order valence-electron chi connectivity index (χ1n) is 7.06. The van der Waals surface area contributed by atoms with Gasteiger partial charge in [-0.05, 0) is 41.9 Å². The average molecular weight is 306 g/mol. The number of nitrogens with one attached hydrogen (secondary N) is 1. The van der Waals surface area contributed by atoms with Gasteiger partial charge in [0.15, 0.2) is 0 Å². The Labute approximate surface area is 132 Å². The molecule has 22 heavy (non-hydrogen) atoms. The zero-order valence-corrected chi connectivity index (χ0v) is 12.6. The summed E-state index contributed by atoms with van der Waals surface area (Å²) >= 11 is 1.52. The lowest BCUT2D eigenvalue weighted by atomic mass is 10.1. The highest BCUT2D eigenvalue weighted by molar-refractivity contribution is 7.05. The Hall–Kier alpha value is -2.66. The number of imidazole rings is 1. The molecule has 1 N–H and O–H groups in total. The van der Waals surface area contributed by atoms with E-state index in [0.29, 0.717) is 0 Å². The molecule has 4 nitrogen and oxygen atoms in total. The van der Waals surface area contributed by atoms with Gasteiger partial charge in [-0.2, -0.15) is 0 Å². The molecule has 3 aromatic heterocycles. The van der Waals surface area contributed by atoms with Crippen LogP contribution in [0.25, 0.3) is 16.9 Å². The Morgan fingerprint density at radius 1 is 1.05 bits per heavy atom. The molecule has 0 saturated heterocycles. The van der Waals surface area contributed by atoms with Crippen LogP contribution in [0, 0.1) is 0 Å². The first kappa shape index (κ1) is 13.0. The molecular weight excluding hydrogens is 292 g/mol. The molecule has 5 heteroatoms. The van der Waals surface area contributed by atoms with Crippen LogP contribution in [0.5, 0.6) is 0 Å². The van der Waals surface area contributed by atoms with Crippen molar-refractivity contribution < 1.29 is 0 Å². The lowest BCUT2D eigenvalue weighted by Gasteiger charge is -2.05. The maximum atomic E-state index is 4.64. The van der Waals surface area contributed by atoms with Gasteiger partial charge in [0.2, 0.25) is 0 Å². The van der Waals surface area contributed by atoms with Crippen LogP contribution in [0.4, 0.5) is 5.69 Å². The van der Waals surface area contributed by atoms with Crippen molar-refractivity contribution in [3.05, 3.63) is 72.0 Å². The zero-order valence-electron chi connectivity index (χ0n) is 11.8. The predicted octanol–water partition coefficient (Wildman–Crippen LogP) is 4.07. The van der Waals surface area contributed by atoms with Crippen LogP contribution in [0.15, 0.2) is 67.1 Å². The van der Waals surface area contributed by atoms with Gasteiger partial charge in [-0.25, -0.2) is 9.36 Å².